The maximum Gasteiger partial charge on any atom is 0.354 e. The Kier molecular flexibility index (Phi) is 3.75. The topological polar surface area (TPSA) is 63.1 Å². The van der Waals surface area contributed by atoms with Crippen LogP contribution in [0.5, 0.6) is 0 Å². The van der Waals surface area contributed by atoms with Crippen LogP contribution in [0.4, 0.5) is 8.78 Å². The van der Waals surface area contributed by atoms with E-state index >= 15 is 0 Å². The Labute approximate surface area is 111 Å². The van der Waals surface area contributed by atoms with Gasteiger partial charge in [0.1, 0.15) is 11.6 Å². The number of hydrogen-bond acceptors (Lipinski definition) is 4. The Balaban J connectivity index is 2.35. The third-order valence-corrected chi connectivity index (χ3v) is 3.06. The molecule has 1 N–H and O–H groups in total. The van der Waals surface area contributed by atoms with Gasteiger partial charge in [0.05, 0.1) is 4.90 Å². The summed E-state index contributed by atoms with van der Waals surface area (Å²) in [6, 6.07) is 4.42. The molecule has 0 spiro atoms. The average molecular weight is 282 g/mol. The zero-order valence-electron chi connectivity index (χ0n) is 9.72. The molecule has 2 rings (SSSR count). The molecule has 7 heteroatoms. The lowest BCUT2D eigenvalue weighted by Crippen LogP contribution is -2.03. The van der Waals surface area contributed by atoms with Crippen molar-refractivity contribution in [1.29, 1.82) is 0 Å². The van der Waals surface area contributed by atoms with Gasteiger partial charge in [-0.1, -0.05) is 0 Å². The summed E-state index contributed by atoms with van der Waals surface area (Å²) in [5.41, 5.74) is 0.287. The molecular formula is C12H8F2N2O2S. The number of carboxylic acid groups (broad SMARTS) is 1. The predicted molar refractivity (Wildman–Crippen MR) is 64.2 cm³/mol. The first-order chi connectivity index (χ1) is 8.95. The summed E-state index contributed by atoms with van der Waals surface area (Å²) in [6.07, 6.45) is 0. The highest BCUT2D eigenvalue weighted by molar-refractivity contribution is 7.99. The molecule has 0 saturated heterocycles. The largest absolute Gasteiger partial charge is 0.477 e. The van der Waals surface area contributed by atoms with Crippen molar-refractivity contribution in [2.24, 2.45) is 0 Å². The first-order valence-electron chi connectivity index (χ1n) is 5.17. The van der Waals surface area contributed by atoms with Crippen molar-refractivity contribution in [3.05, 3.63) is 47.3 Å². The van der Waals surface area contributed by atoms with Gasteiger partial charge in [-0.2, -0.15) is 0 Å². The Morgan fingerprint density at radius 2 is 2.00 bits per heavy atom. The van der Waals surface area contributed by atoms with Crippen LogP contribution in [0.2, 0.25) is 0 Å². The summed E-state index contributed by atoms with van der Waals surface area (Å²) < 4.78 is 26.2. The van der Waals surface area contributed by atoms with Gasteiger partial charge in [-0.05, 0) is 36.9 Å². The molecule has 4 nitrogen and oxygen atoms in total. The summed E-state index contributed by atoms with van der Waals surface area (Å²) in [7, 11) is 0. The number of carboxylic acids is 1. The quantitative estimate of drug-likeness (QED) is 0.877. The van der Waals surface area contributed by atoms with E-state index in [-0.39, 0.29) is 15.7 Å². The van der Waals surface area contributed by atoms with E-state index in [4.69, 9.17) is 5.11 Å². The Hall–Kier alpha value is -2.02. The number of hydrogen-bond donors (Lipinski definition) is 1. The fraction of sp³-hybridized carbons (Fsp3) is 0.0833. The van der Waals surface area contributed by atoms with Gasteiger partial charge in [-0.15, -0.1) is 0 Å². The third kappa shape index (κ3) is 3.25. The normalized spacial score (nSPS) is 10.5. The summed E-state index contributed by atoms with van der Waals surface area (Å²) in [4.78, 5) is 18.8. The molecule has 0 aliphatic heterocycles. The number of aromatic nitrogens is 2. The van der Waals surface area contributed by atoms with Crippen LogP contribution in [0.1, 0.15) is 16.2 Å². The smallest absolute Gasteiger partial charge is 0.354 e. The highest BCUT2D eigenvalue weighted by atomic mass is 32.2. The van der Waals surface area contributed by atoms with Gasteiger partial charge in [-0.25, -0.2) is 23.5 Å². The minimum Gasteiger partial charge on any atom is -0.477 e. The van der Waals surface area contributed by atoms with Gasteiger partial charge in [-0.3, -0.25) is 0 Å². The van der Waals surface area contributed by atoms with Crippen molar-refractivity contribution in [3.63, 3.8) is 0 Å². The van der Waals surface area contributed by atoms with E-state index in [1.54, 1.807) is 6.92 Å². The molecule has 0 unspecified atom stereocenters. The van der Waals surface area contributed by atoms with E-state index in [2.05, 4.69) is 9.97 Å². The van der Waals surface area contributed by atoms with Crippen LogP contribution >= 0.6 is 11.8 Å². The SMILES string of the molecule is Cc1cc(C(=O)O)nc(Sc2ccc(F)cc2F)n1. The Morgan fingerprint density at radius 1 is 1.26 bits per heavy atom. The number of rotatable bonds is 3. The van der Waals surface area contributed by atoms with Gasteiger partial charge >= 0.3 is 5.97 Å². The molecule has 0 radical (unpaired) electrons. The summed E-state index contributed by atoms with van der Waals surface area (Å²) in [6.45, 7) is 1.61. The maximum absolute atomic E-state index is 13.5. The first kappa shape index (κ1) is 13.4. The second-order valence-electron chi connectivity index (χ2n) is 3.66. The van der Waals surface area contributed by atoms with E-state index in [0.29, 0.717) is 5.69 Å². The van der Waals surface area contributed by atoms with E-state index < -0.39 is 17.6 Å². The maximum atomic E-state index is 13.5. The van der Waals surface area contributed by atoms with E-state index in [1.165, 1.54) is 12.1 Å². The van der Waals surface area contributed by atoms with Crippen LogP contribution in [0.15, 0.2) is 34.3 Å². The number of aromatic carboxylic acids is 1. The van der Waals surface area contributed by atoms with Crippen LogP contribution in [-0.2, 0) is 0 Å². The molecule has 0 aliphatic carbocycles. The van der Waals surface area contributed by atoms with Crippen LogP contribution < -0.4 is 0 Å². The molecule has 1 aromatic heterocycles. The molecule has 0 aliphatic rings. The lowest BCUT2D eigenvalue weighted by molar-refractivity contribution is 0.0689. The van der Waals surface area contributed by atoms with E-state index in [1.807, 2.05) is 0 Å². The van der Waals surface area contributed by atoms with Crippen LogP contribution in [0, 0.1) is 18.6 Å². The van der Waals surface area contributed by atoms with Crippen molar-refractivity contribution in [2.75, 3.05) is 0 Å². The Morgan fingerprint density at radius 3 is 2.63 bits per heavy atom. The van der Waals surface area contributed by atoms with Crippen molar-refractivity contribution < 1.29 is 18.7 Å². The average Bonchev–Trinajstić information content (AvgIpc) is 2.32. The second kappa shape index (κ2) is 5.31. The highest BCUT2D eigenvalue weighted by Crippen LogP contribution is 2.27. The van der Waals surface area contributed by atoms with Gasteiger partial charge in [0.2, 0.25) is 0 Å². The van der Waals surface area contributed by atoms with Gasteiger partial charge in [0.25, 0.3) is 0 Å². The molecule has 98 valence electrons. The summed E-state index contributed by atoms with van der Waals surface area (Å²) in [5.74, 6) is -2.61. The molecule has 0 bridgehead atoms. The number of halogens is 2. The molecule has 0 saturated carbocycles. The molecular weight excluding hydrogens is 274 g/mol. The van der Waals surface area contributed by atoms with E-state index in [0.717, 1.165) is 23.9 Å². The van der Waals surface area contributed by atoms with Crippen LogP contribution in [-0.4, -0.2) is 21.0 Å². The van der Waals surface area contributed by atoms with Crippen molar-refractivity contribution in [3.8, 4) is 0 Å². The van der Waals surface area contributed by atoms with Crippen LogP contribution in [0.3, 0.4) is 0 Å². The molecule has 2 aromatic rings. The third-order valence-electron chi connectivity index (χ3n) is 2.15. The minimum absolute atomic E-state index is 0.0999. The molecule has 0 atom stereocenters. The second-order valence-corrected chi connectivity index (χ2v) is 4.67. The molecule has 1 aromatic carbocycles. The van der Waals surface area contributed by atoms with Crippen LogP contribution in [0.25, 0.3) is 0 Å². The number of carbonyl (C=O) groups is 1. The lowest BCUT2D eigenvalue weighted by atomic mass is 10.3. The summed E-state index contributed by atoms with van der Waals surface area (Å²) >= 11 is 0.841. The van der Waals surface area contributed by atoms with Crippen molar-refractivity contribution in [2.45, 2.75) is 17.0 Å². The molecule has 0 amide bonds. The molecule has 19 heavy (non-hydrogen) atoms. The zero-order valence-corrected chi connectivity index (χ0v) is 10.5. The number of nitrogens with zero attached hydrogens (tertiary/aromatic N) is 2. The highest BCUT2D eigenvalue weighted by Gasteiger charge is 2.12. The molecule has 1 heterocycles. The first-order valence-corrected chi connectivity index (χ1v) is 5.99. The zero-order chi connectivity index (χ0) is 14.0. The lowest BCUT2D eigenvalue weighted by Gasteiger charge is -2.04. The van der Waals surface area contributed by atoms with Crippen molar-refractivity contribution in [1.82, 2.24) is 9.97 Å². The summed E-state index contributed by atoms with van der Waals surface area (Å²) in [5, 5.41) is 8.97. The van der Waals surface area contributed by atoms with Gasteiger partial charge < -0.3 is 5.11 Å². The number of aryl methyl sites for hydroxylation is 1. The standard InChI is InChI=1S/C12H8F2N2O2S/c1-6-4-9(11(17)18)16-12(15-6)19-10-3-2-7(13)5-8(10)14/h2-5H,1H3,(H,17,18). The van der Waals surface area contributed by atoms with Gasteiger partial charge in [0, 0.05) is 11.8 Å². The van der Waals surface area contributed by atoms with Gasteiger partial charge in [0.15, 0.2) is 10.9 Å². The van der Waals surface area contributed by atoms with Crippen molar-refractivity contribution >= 4 is 17.7 Å². The fourth-order valence-electron chi connectivity index (χ4n) is 1.35. The fourth-order valence-corrected chi connectivity index (χ4v) is 2.18. The monoisotopic (exact) mass is 282 g/mol. The molecule has 0 fully saturated rings. The Bertz CT molecular complexity index is 650. The van der Waals surface area contributed by atoms with E-state index in [9.17, 15) is 13.6 Å². The number of benzene rings is 1. The minimum atomic E-state index is -1.19. The predicted octanol–water partition coefficient (Wildman–Crippen LogP) is 2.91.